The Kier molecular flexibility index (Phi) is 5.70. The predicted octanol–water partition coefficient (Wildman–Crippen LogP) is 3.10. The molecule has 0 aromatic heterocycles. The average molecular weight is 441 g/mol. The molecule has 2 aliphatic heterocycles. The summed E-state index contributed by atoms with van der Waals surface area (Å²) in [5, 5.41) is 11.6. The van der Waals surface area contributed by atoms with Crippen LogP contribution in [-0.2, 0) is 9.53 Å². The van der Waals surface area contributed by atoms with E-state index in [-0.39, 0.29) is 29.3 Å². The van der Waals surface area contributed by atoms with Crippen LogP contribution in [0.25, 0.3) is 0 Å². The molecule has 4 aliphatic rings. The second-order valence-electron chi connectivity index (χ2n) is 10.3. The Morgan fingerprint density at radius 3 is 2.72 bits per heavy atom. The third-order valence-electron chi connectivity index (χ3n) is 8.82. The van der Waals surface area contributed by atoms with Gasteiger partial charge in [0.05, 0.1) is 24.8 Å². The summed E-state index contributed by atoms with van der Waals surface area (Å²) in [5.74, 6) is 0.825. The number of carbonyl (C=O) groups is 1. The summed E-state index contributed by atoms with van der Waals surface area (Å²) in [5.41, 5.74) is 2.17. The zero-order valence-electron chi connectivity index (χ0n) is 19.5. The standard InChI is InChI=1S/C26H36N2O4/c1-17-7-6-8-18-15-22-23(24(29)26(17,18)2)19(25(30)32-22)16-27-11-13-28(14-12-27)20-9-4-5-10-21(20)31-3/h4-5,8-10,17,19,22-24,29H,6-7,11-16H2,1-3H3/t17?,19?,22-,23-,24?,26-/m1/s1. The summed E-state index contributed by atoms with van der Waals surface area (Å²) in [6.07, 6.45) is 4.52. The highest BCUT2D eigenvalue weighted by Crippen LogP contribution is 2.56. The lowest BCUT2D eigenvalue weighted by Crippen LogP contribution is -2.55. The van der Waals surface area contributed by atoms with Crippen LogP contribution in [-0.4, -0.2) is 68.0 Å². The summed E-state index contributed by atoms with van der Waals surface area (Å²) < 4.78 is 11.4. The van der Waals surface area contributed by atoms with Crippen LogP contribution < -0.4 is 9.64 Å². The van der Waals surface area contributed by atoms with E-state index in [0.717, 1.165) is 56.9 Å². The molecule has 0 bridgehead atoms. The van der Waals surface area contributed by atoms with Gasteiger partial charge in [-0.3, -0.25) is 9.69 Å². The van der Waals surface area contributed by atoms with Crippen LogP contribution in [0.4, 0.5) is 5.69 Å². The van der Waals surface area contributed by atoms with E-state index in [4.69, 9.17) is 9.47 Å². The minimum atomic E-state index is -0.533. The number of hydrogen-bond acceptors (Lipinski definition) is 6. The topological polar surface area (TPSA) is 62.2 Å². The molecule has 6 atom stereocenters. The van der Waals surface area contributed by atoms with E-state index in [2.05, 4.69) is 35.8 Å². The van der Waals surface area contributed by atoms with Gasteiger partial charge in [0.1, 0.15) is 11.9 Å². The number of fused-ring (bicyclic) bond motifs is 2. The highest BCUT2D eigenvalue weighted by Gasteiger charge is 2.59. The molecule has 1 N–H and O–H groups in total. The Balaban J connectivity index is 1.28. The van der Waals surface area contributed by atoms with Crippen LogP contribution in [0.3, 0.4) is 0 Å². The van der Waals surface area contributed by atoms with Gasteiger partial charge in [0, 0.05) is 50.5 Å². The lowest BCUT2D eigenvalue weighted by molar-refractivity contribution is -0.145. The van der Waals surface area contributed by atoms with E-state index in [9.17, 15) is 9.90 Å². The second kappa shape index (κ2) is 8.38. The van der Waals surface area contributed by atoms with Crippen LogP contribution in [0.5, 0.6) is 5.75 Å². The summed E-state index contributed by atoms with van der Waals surface area (Å²) in [7, 11) is 1.71. The number of methoxy groups -OCH3 is 1. The third kappa shape index (κ3) is 3.43. The van der Waals surface area contributed by atoms with Crippen molar-refractivity contribution in [1.82, 2.24) is 4.90 Å². The van der Waals surface area contributed by atoms with Crippen LogP contribution in [0, 0.1) is 23.2 Å². The van der Waals surface area contributed by atoms with E-state index in [1.54, 1.807) is 7.11 Å². The average Bonchev–Trinajstić information content (AvgIpc) is 3.11. The molecule has 2 saturated heterocycles. The first-order valence-electron chi connectivity index (χ1n) is 12.1. The number of hydrogen-bond donors (Lipinski definition) is 1. The van der Waals surface area contributed by atoms with Crippen molar-refractivity contribution in [3.8, 4) is 5.75 Å². The van der Waals surface area contributed by atoms with Crippen LogP contribution in [0.2, 0.25) is 0 Å². The molecule has 32 heavy (non-hydrogen) atoms. The first-order chi connectivity index (χ1) is 15.4. The van der Waals surface area contributed by atoms with Crippen molar-refractivity contribution in [2.45, 2.75) is 45.3 Å². The second-order valence-corrected chi connectivity index (χ2v) is 10.3. The monoisotopic (exact) mass is 440 g/mol. The minimum Gasteiger partial charge on any atom is -0.495 e. The van der Waals surface area contributed by atoms with Gasteiger partial charge >= 0.3 is 5.97 Å². The van der Waals surface area contributed by atoms with Gasteiger partial charge in [-0.05, 0) is 30.9 Å². The van der Waals surface area contributed by atoms with Crippen LogP contribution in [0.15, 0.2) is 35.9 Å². The first kappa shape index (κ1) is 21.8. The van der Waals surface area contributed by atoms with Crippen molar-refractivity contribution in [3.05, 3.63) is 35.9 Å². The zero-order valence-corrected chi connectivity index (χ0v) is 19.5. The molecule has 2 heterocycles. The van der Waals surface area contributed by atoms with E-state index in [0.29, 0.717) is 12.5 Å². The Morgan fingerprint density at radius 2 is 1.97 bits per heavy atom. The third-order valence-corrected chi connectivity index (χ3v) is 8.82. The molecule has 1 saturated carbocycles. The number of carbonyl (C=O) groups excluding carboxylic acids is 1. The van der Waals surface area contributed by atoms with E-state index in [1.165, 1.54) is 5.57 Å². The van der Waals surface area contributed by atoms with Gasteiger partial charge in [0.2, 0.25) is 0 Å². The van der Waals surface area contributed by atoms with Gasteiger partial charge in [-0.25, -0.2) is 0 Å². The van der Waals surface area contributed by atoms with Gasteiger partial charge in [-0.2, -0.15) is 0 Å². The molecule has 6 nitrogen and oxygen atoms in total. The Morgan fingerprint density at radius 1 is 1.22 bits per heavy atom. The summed E-state index contributed by atoms with van der Waals surface area (Å²) in [6, 6.07) is 8.13. The fraction of sp³-hybridized carbons (Fsp3) is 0.654. The maximum atomic E-state index is 12.9. The number of anilines is 1. The highest BCUT2D eigenvalue weighted by atomic mass is 16.6. The number of piperazine rings is 1. The number of benzene rings is 1. The molecular weight excluding hydrogens is 404 g/mol. The Hall–Kier alpha value is -2.05. The predicted molar refractivity (Wildman–Crippen MR) is 124 cm³/mol. The van der Waals surface area contributed by atoms with Crippen molar-refractivity contribution in [1.29, 1.82) is 0 Å². The Labute approximate surface area is 191 Å². The van der Waals surface area contributed by atoms with E-state index < -0.39 is 6.10 Å². The smallest absolute Gasteiger partial charge is 0.311 e. The van der Waals surface area contributed by atoms with Crippen LogP contribution in [0.1, 0.15) is 33.1 Å². The van der Waals surface area contributed by atoms with E-state index in [1.807, 2.05) is 18.2 Å². The largest absolute Gasteiger partial charge is 0.495 e. The quantitative estimate of drug-likeness (QED) is 0.574. The summed E-state index contributed by atoms with van der Waals surface area (Å²) >= 11 is 0. The number of para-hydroxylation sites is 2. The minimum absolute atomic E-state index is 0.113. The lowest BCUT2D eigenvalue weighted by atomic mass is 9.55. The van der Waals surface area contributed by atoms with Gasteiger partial charge < -0.3 is 19.5 Å². The molecule has 2 aliphatic carbocycles. The van der Waals surface area contributed by atoms with Crippen molar-refractivity contribution >= 4 is 11.7 Å². The fourth-order valence-electron chi connectivity index (χ4n) is 6.61. The normalized spacial score (nSPS) is 37.4. The van der Waals surface area contributed by atoms with Crippen molar-refractivity contribution in [3.63, 3.8) is 0 Å². The summed E-state index contributed by atoms with van der Waals surface area (Å²) in [4.78, 5) is 17.6. The van der Waals surface area contributed by atoms with Gasteiger partial charge in [-0.15, -0.1) is 0 Å². The molecule has 3 fully saturated rings. The molecular formula is C26H36N2O4. The highest BCUT2D eigenvalue weighted by molar-refractivity contribution is 5.76. The maximum Gasteiger partial charge on any atom is 0.311 e. The zero-order chi connectivity index (χ0) is 22.5. The number of ether oxygens (including phenoxy) is 2. The Bertz CT molecular complexity index is 894. The molecule has 0 spiro atoms. The van der Waals surface area contributed by atoms with Crippen LogP contribution >= 0.6 is 0 Å². The maximum absolute atomic E-state index is 12.9. The van der Waals surface area contributed by atoms with E-state index >= 15 is 0 Å². The SMILES string of the molecule is COc1ccccc1N1CCN(CC2C(=O)O[C@@H]3CC4=CCCC(C)[C@@]4(C)C(O)[C@H]23)CC1. The number of aliphatic hydroxyl groups is 1. The molecule has 3 unspecified atom stereocenters. The van der Waals surface area contributed by atoms with Crippen molar-refractivity contribution in [2.24, 2.45) is 23.2 Å². The lowest BCUT2D eigenvalue weighted by Gasteiger charge is -2.52. The number of aliphatic hydroxyl groups excluding tert-OH is 1. The molecule has 1 aromatic rings. The van der Waals surface area contributed by atoms with Crippen molar-refractivity contribution < 1.29 is 19.4 Å². The molecule has 0 amide bonds. The molecule has 6 heteroatoms. The number of allylic oxidation sites excluding steroid dienone is 1. The molecule has 1 aromatic carbocycles. The fourth-order valence-corrected chi connectivity index (χ4v) is 6.61. The molecule has 5 rings (SSSR count). The number of nitrogens with zero attached hydrogens (tertiary/aromatic N) is 2. The number of rotatable bonds is 4. The van der Waals surface area contributed by atoms with Gasteiger partial charge in [0.25, 0.3) is 0 Å². The number of esters is 1. The van der Waals surface area contributed by atoms with Gasteiger partial charge in [-0.1, -0.05) is 37.6 Å². The van der Waals surface area contributed by atoms with Crippen molar-refractivity contribution in [2.75, 3.05) is 44.7 Å². The molecule has 174 valence electrons. The molecule has 0 radical (unpaired) electrons. The first-order valence-corrected chi connectivity index (χ1v) is 12.1. The summed E-state index contributed by atoms with van der Waals surface area (Å²) in [6.45, 7) is 8.67. The van der Waals surface area contributed by atoms with Gasteiger partial charge in [0.15, 0.2) is 0 Å².